The van der Waals surface area contributed by atoms with Gasteiger partial charge in [0.25, 0.3) is 6.03 Å². The lowest BCUT2D eigenvalue weighted by Gasteiger charge is -2.26. The van der Waals surface area contributed by atoms with Crippen LogP contribution in [0.4, 0.5) is 0 Å². The molecule has 7 heteroatoms. The van der Waals surface area contributed by atoms with Crippen molar-refractivity contribution >= 4 is 23.5 Å². The molecule has 0 aliphatic rings. The van der Waals surface area contributed by atoms with Gasteiger partial charge in [0.05, 0.1) is 6.61 Å². The first-order valence-corrected chi connectivity index (χ1v) is 8.88. The summed E-state index contributed by atoms with van der Waals surface area (Å²) in [7, 11) is -3.57. The Morgan fingerprint density at radius 2 is 1.80 bits per heavy atom. The van der Waals surface area contributed by atoms with Gasteiger partial charge in [-0.25, -0.2) is 4.57 Å². The van der Waals surface area contributed by atoms with Crippen LogP contribution >= 0.6 is 23.5 Å². The lowest BCUT2D eigenvalue weighted by molar-refractivity contribution is -0.0948. The molecule has 1 unspecified atom stereocenters. The van der Waals surface area contributed by atoms with Crippen molar-refractivity contribution in [2.45, 2.75) is 26.8 Å². The maximum absolute atomic E-state index is 12.9. The number of rotatable bonds is 9. The van der Waals surface area contributed by atoms with Crippen molar-refractivity contribution in [3.05, 3.63) is 28.7 Å². The summed E-state index contributed by atoms with van der Waals surface area (Å²) in [6.45, 7) is 6.27. The van der Waals surface area contributed by atoms with E-state index in [2.05, 4.69) is 15.9 Å². The van der Waals surface area contributed by atoms with Crippen LogP contribution in [0.15, 0.2) is 28.7 Å². The molecular formula is C13H20BrO5P. The Morgan fingerprint density at radius 1 is 1.15 bits per heavy atom. The summed E-state index contributed by atoms with van der Waals surface area (Å²) in [6.07, 6.45) is 0. The Balaban J connectivity index is 2.96. The fourth-order valence-electron chi connectivity index (χ4n) is 1.50. The van der Waals surface area contributed by atoms with Crippen LogP contribution < -0.4 is 4.52 Å². The molecule has 20 heavy (non-hydrogen) atoms. The lowest BCUT2D eigenvalue weighted by atomic mass is 10.3. The largest absolute Gasteiger partial charge is 0.435 e. The summed E-state index contributed by atoms with van der Waals surface area (Å²) in [5.74, 6) is 0.431. The Kier molecular flexibility index (Phi) is 7.77. The third-order valence-corrected chi connectivity index (χ3v) is 4.61. The van der Waals surface area contributed by atoms with Gasteiger partial charge in [0.2, 0.25) is 0 Å². The third-order valence-electron chi connectivity index (χ3n) is 2.21. The monoisotopic (exact) mass is 366 g/mol. The van der Waals surface area contributed by atoms with E-state index < -0.39 is 13.6 Å². The molecule has 1 aromatic carbocycles. The van der Waals surface area contributed by atoms with Crippen LogP contribution in [-0.2, 0) is 18.6 Å². The van der Waals surface area contributed by atoms with E-state index in [1.807, 2.05) is 6.07 Å². The molecule has 0 saturated heterocycles. The number of hydrogen-bond acceptors (Lipinski definition) is 5. The second-order valence-electron chi connectivity index (χ2n) is 3.72. The second kappa shape index (κ2) is 8.80. The molecule has 0 spiro atoms. The highest BCUT2D eigenvalue weighted by Gasteiger charge is 2.39. The number of benzene rings is 1. The first-order valence-electron chi connectivity index (χ1n) is 6.48. The SMILES string of the molecule is CCOC(OCC)P(=O)(OCC)Oc1cccc(Br)c1. The van der Waals surface area contributed by atoms with Crippen LogP contribution in [0, 0.1) is 0 Å². The molecule has 0 aliphatic carbocycles. The molecule has 0 heterocycles. The van der Waals surface area contributed by atoms with Crippen LogP contribution in [0.1, 0.15) is 20.8 Å². The van der Waals surface area contributed by atoms with Gasteiger partial charge in [0.1, 0.15) is 5.75 Å². The minimum atomic E-state index is -3.57. The first kappa shape index (κ1) is 17.7. The van der Waals surface area contributed by atoms with Crippen LogP contribution in [-0.4, -0.2) is 25.9 Å². The van der Waals surface area contributed by atoms with Crippen molar-refractivity contribution in [2.75, 3.05) is 19.8 Å². The molecule has 0 aromatic heterocycles. The van der Waals surface area contributed by atoms with Gasteiger partial charge < -0.3 is 14.0 Å². The quantitative estimate of drug-likeness (QED) is 0.478. The Hall–Kier alpha value is -0.390. The van der Waals surface area contributed by atoms with Crippen LogP contribution in [0.5, 0.6) is 5.75 Å². The lowest BCUT2D eigenvalue weighted by Crippen LogP contribution is -2.22. The standard InChI is InChI=1S/C13H20BrO5P/c1-4-16-13(17-5-2)20(15,18-6-3)19-12-9-7-8-11(14)10-12/h7-10,13H,4-6H2,1-3H3. The van der Waals surface area contributed by atoms with E-state index >= 15 is 0 Å². The molecule has 1 atom stereocenters. The summed E-state index contributed by atoms with van der Waals surface area (Å²) < 4.78 is 35.2. The summed E-state index contributed by atoms with van der Waals surface area (Å²) in [6, 6.07) is 6.01. The summed E-state index contributed by atoms with van der Waals surface area (Å²) in [5, 5.41) is 0. The van der Waals surface area contributed by atoms with Crippen molar-refractivity contribution < 1.29 is 23.1 Å². The average Bonchev–Trinajstić information content (AvgIpc) is 2.38. The fraction of sp³-hybridized carbons (Fsp3) is 0.538. The van der Waals surface area contributed by atoms with E-state index in [1.54, 1.807) is 39.0 Å². The Morgan fingerprint density at radius 3 is 2.30 bits per heavy atom. The zero-order chi connectivity index (χ0) is 15.0. The Bertz CT molecular complexity index is 448. The smallest absolute Gasteiger partial charge is 0.421 e. The van der Waals surface area contributed by atoms with Gasteiger partial charge in [-0.15, -0.1) is 0 Å². The molecule has 0 amide bonds. The van der Waals surface area contributed by atoms with E-state index in [-0.39, 0.29) is 6.61 Å². The summed E-state index contributed by atoms with van der Waals surface area (Å²) >= 11 is 3.33. The van der Waals surface area contributed by atoms with Crippen LogP contribution in [0.25, 0.3) is 0 Å². The molecule has 0 aliphatic heterocycles. The van der Waals surface area contributed by atoms with Crippen LogP contribution in [0.2, 0.25) is 0 Å². The van der Waals surface area contributed by atoms with E-state index in [9.17, 15) is 4.57 Å². The maximum Gasteiger partial charge on any atom is 0.435 e. The normalized spacial score (nSPS) is 14.2. The predicted octanol–water partition coefficient (Wildman–Crippen LogP) is 4.41. The second-order valence-corrected chi connectivity index (χ2v) is 6.58. The van der Waals surface area contributed by atoms with Crippen molar-refractivity contribution in [3.63, 3.8) is 0 Å². The highest BCUT2D eigenvalue weighted by atomic mass is 79.9. The van der Waals surface area contributed by atoms with Gasteiger partial charge >= 0.3 is 7.60 Å². The minimum absolute atomic E-state index is 0.238. The molecule has 0 N–H and O–H groups in total. The number of halogens is 1. The molecule has 1 aromatic rings. The third kappa shape index (κ3) is 5.19. The van der Waals surface area contributed by atoms with E-state index in [0.717, 1.165) is 4.47 Å². The highest BCUT2D eigenvalue weighted by Crippen LogP contribution is 2.53. The molecule has 0 bridgehead atoms. The fourth-order valence-corrected chi connectivity index (χ4v) is 3.57. The minimum Gasteiger partial charge on any atom is -0.421 e. The van der Waals surface area contributed by atoms with Gasteiger partial charge in [-0.2, -0.15) is 0 Å². The predicted molar refractivity (Wildman–Crippen MR) is 81.0 cm³/mol. The maximum atomic E-state index is 12.9. The van der Waals surface area contributed by atoms with Gasteiger partial charge in [-0.1, -0.05) is 22.0 Å². The van der Waals surface area contributed by atoms with Crippen LogP contribution in [0.3, 0.4) is 0 Å². The molecule has 0 fully saturated rings. The summed E-state index contributed by atoms with van der Waals surface area (Å²) in [4.78, 5) is 0. The molecule has 114 valence electrons. The van der Waals surface area contributed by atoms with Crippen molar-refractivity contribution in [1.29, 1.82) is 0 Å². The van der Waals surface area contributed by atoms with Crippen molar-refractivity contribution in [1.82, 2.24) is 0 Å². The highest BCUT2D eigenvalue weighted by molar-refractivity contribution is 9.10. The average molecular weight is 367 g/mol. The van der Waals surface area contributed by atoms with Gasteiger partial charge in [-0.3, -0.25) is 4.52 Å². The number of ether oxygens (including phenoxy) is 2. The Labute approximate surface area is 128 Å². The molecule has 1 rings (SSSR count). The van der Waals surface area contributed by atoms with Crippen molar-refractivity contribution in [3.8, 4) is 5.75 Å². The first-order chi connectivity index (χ1) is 9.55. The topological polar surface area (TPSA) is 54.0 Å². The molecule has 0 radical (unpaired) electrons. The zero-order valence-corrected chi connectivity index (χ0v) is 14.4. The van der Waals surface area contributed by atoms with Crippen molar-refractivity contribution in [2.24, 2.45) is 0 Å². The van der Waals surface area contributed by atoms with E-state index in [4.69, 9.17) is 18.5 Å². The van der Waals surface area contributed by atoms with Gasteiger partial charge in [0, 0.05) is 17.7 Å². The van der Waals surface area contributed by atoms with Gasteiger partial charge in [-0.05, 0) is 39.0 Å². The van der Waals surface area contributed by atoms with E-state index in [0.29, 0.717) is 19.0 Å². The number of hydrogen-bond donors (Lipinski definition) is 0. The van der Waals surface area contributed by atoms with E-state index in [1.165, 1.54) is 0 Å². The molecular weight excluding hydrogens is 347 g/mol. The molecule has 0 saturated carbocycles. The zero-order valence-electron chi connectivity index (χ0n) is 11.9. The van der Waals surface area contributed by atoms with Gasteiger partial charge in [0.15, 0.2) is 0 Å². The summed E-state index contributed by atoms with van der Waals surface area (Å²) in [5.41, 5.74) is 0. The molecule has 5 nitrogen and oxygen atoms in total.